The summed E-state index contributed by atoms with van der Waals surface area (Å²) < 4.78 is 130. The number of amides is 3. The number of H-pyrrole nitrogens is 2. The molecular weight excluding hydrogens is 876 g/mol. The molecule has 3 saturated heterocycles. The van der Waals surface area contributed by atoms with Crippen molar-refractivity contribution in [3.63, 3.8) is 0 Å². The number of hydrogen-bond acceptors (Lipinski definition) is 7. The molecule has 5 aliphatic rings. The molecule has 9 rings (SSSR count). The van der Waals surface area contributed by atoms with Crippen LogP contribution in [0.1, 0.15) is 110 Å². The zero-order valence-corrected chi connectivity index (χ0v) is 34.8. The summed E-state index contributed by atoms with van der Waals surface area (Å²) in [7, 11) is 0. The monoisotopic (exact) mass is 920 g/mol. The Labute approximate surface area is 366 Å². The Hall–Kier alpha value is -5.44. The lowest BCUT2D eigenvalue weighted by atomic mass is 9.72. The molecular formula is C44H45F9N8O4. The van der Waals surface area contributed by atoms with Crippen LogP contribution in [-0.4, -0.2) is 115 Å². The molecule has 2 N–H and O–H groups in total. The quantitative estimate of drug-likeness (QED) is 0.184. The Balaban J connectivity index is 0.937. The smallest absolute Gasteiger partial charge is 0.374 e. The second kappa shape index (κ2) is 17.1. The van der Waals surface area contributed by atoms with Gasteiger partial charge in [0.1, 0.15) is 6.42 Å². The van der Waals surface area contributed by atoms with Crippen LogP contribution in [0, 0.1) is 5.92 Å². The lowest BCUT2D eigenvalue weighted by Crippen LogP contribution is -2.62. The van der Waals surface area contributed by atoms with E-state index in [4.69, 9.17) is 4.74 Å². The van der Waals surface area contributed by atoms with Crippen LogP contribution in [0.3, 0.4) is 0 Å². The molecule has 12 nitrogen and oxygen atoms in total. The molecule has 4 unspecified atom stereocenters. The summed E-state index contributed by atoms with van der Waals surface area (Å²) in [5.41, 5.74) is 0.962. The number of aromatic nitrogens is 4. The number of carbonyl (C=O) groups is 3. The first-order valence-corrected chi connectivity index (χ1v) is 21.6. The van der Waals surface area contributed by atoms with E-state index < -0.39 is 65.8 Å². The predicted octanol–water partition coefficient (Wildman–Crippen LogP) is 7.45. The summed E-state index contributed by atoms with van der Waals surface area (Å²) in [6, 6.07) is 10.5. The maximum atomic E-state index is 14.6. The third-order valence-corrected chi connectivity index (χ3v) is 13.8. The lowest BCUT2D eigenvalue weighted by Gasteiger charge is -2.52. The van der Waals surface area contributed by atoms with Crippen LogP contribution < -0.4 is 0 Å². The van der Waals surface area contributed by atoms with Crippen LogP contribution in [0.15, 0.2) is 48.5 Å². The van der Waals surface area contributed by atoms with Gasteiger partial charge in [-0.1, -0.05) is 36.4 Å². The average Bonchev–Trinajstić information content (AvgIpc) is 3.93. The van der Waals surface area contributed by atoms with Crippen LogP contribution in [0.2, 0.25) is 0 Å². The second-order valence-electron chi connectivity index (χ2n) is 17.6. The largest absolute Gasteiger partial charge is 0.416 e. The standard InChI is InChI=1S/C44H45F9N8O4/c45-42(46,47)18-36(62)61-21-30-34(22-61)55-57-38(30)41(64)60-17-13-26(27-7-2-4-9-32(27)44(51,52)53)28(19-60)39-35(23-65-39)59-14-5-10-33-29(20-59)37(56-54-33)40(63)58-15-11-24(12-16-58)25-6-1-3-8-31(25)43(48,49)50/h1-4,6-9,24,26,28,35,39H,5,10-23H2,(H,54,56)(H,55,57). The van der Waals surface area contributed by atoms with Gasteiger partial charge in [-0.25, -0.2) is 0 Å². The van der Waals surface area contributed by atoms with Crippen molar-refractivity contribution < 1.29 is 58.6 Å². The van der Waals surface area contributed by atoms with E-state index in [1.54, 1.807) is 11.0 Å². The first-order valence-electron chi connectivity index (χ1n) is 21.6. The third-order valence-electron chi connectivity index (χ3n) is 13.8. The Morgan fingerprint density at radius 1 is 0.677 bits per heavy atom. The fourth-order valence-corrected chi connectivity index (χ4v) is 10.5. The van der Waals surface area contributed by atoms with Crippen molar-refractivity contribution in [2.45, 2.75) is 101 Å². The lowest BCUT2D eigenvalue weighted by molar-refractivity contribution is -0.172. The molecule has 5 aliphatic heterocycles. The van der Waals surface area contributed by atoms with Gasteiger partial charge in [0.25, 0.3) is 11.8 Å². The van der Waals surface area contributed by atoms with Crippen molar-refractivity contribution in [1.29, 1.82) is 0 Å². The van der Waals surface area contributed by atoms with Gasteiger partial charge in [-0.05, 0) is 73.7 Å². The molecule has 4 atom stereocenters. The summed E-state index contributed by atoms with van der Waals surface area (Å²) in [6.45, 7) is 1.04. The predicted molar refractivity (Wildman–Crippen MR) is 212 cm³/mol. The van der Waals surface area contributed by atoms with Crippen molar-refractivity contribution in [1.82, 2.24) is 40.0 Å². The number of likely N-dealkylation sites (tertiary alicyclic amines) is 2. The fraction of sp³-hybridized carbons (Fsp3) is 0.523. The number of nitrogens with one attached hydrogen (secondary N) is 2. The SMILES string of the molecule is O=C(CC(F)(F)F)N1Cc2[nH]nc(C(=O)N3CCC(c4ccccc4C(F)(F)F)C(C4OCC4N4CCCc5[nH]nc(C(=O)N6CCC(c7ccccc7C(F)(F)F)CC6)c5C4)C3)c2C1. The summed E-state index contributed by atoms with van der Waals surface area (Å²) in [5.74, 6) is -3.83. The summed E-state index contributed by atoms with van der Waals surface area (Å²) in [4.78, 5) is 46.9. The molecule has 65 heavy (non-hydrogen) atoms. The van der Waals surface area contributed by atoms with Gasteiger partial charge in [-0.2, -0.15) is 49.7 Å². The zero-order chi connectivity index (χ0) is 46.0. The van der Waals surface area contributed by atoms with Crippen LogP contribution >= 0.6 is 0 Å². The van der Waals surface area contributed by atoms with Gasteiger partial charge < -0.3 is 19.4 Å². The number of rotatable bonds is 7. The number of piperidine rings is 2. The fourth-order valence-electron chi connectivity index (χ4n) is 10.5. The molecule has 0 radical (unpaired) electrons. The van der Waals surface area contributed by atoms with Gasteiger partial charge in [-0.15, -0.1) is 0 Å². The molecule has 348 valence electrons. The van der Waals surface area contributed by atoms with E-state index in [0.29, 0.717) is 43.5 Å². The molecule has 0 saturated carbocycles. The van der Waals surface area contributed by atoms with E-state index in [-0.39, 0.29) is 105 Å². The van der Waals surface area contributed by atoms with Crippen molar-refractivity contribution >= 4 is 17.7 Å². The minimum Gasteiger partial charge on any atom is -0.374 e. The molecule has 3 amide bonds. The molecule has 7 heterocycles. The molecule has 0 bridgehead atoms. The number of alkyl halides is 9. The molecule has 2 aromatic carbocycles. The topological polar surface area (TPSA) is 131 Å². The van der Waals surface area contributed by atoms with E-state index in [1.807, 2.05) is 0 Å². The summed E-state index contributed by atoms with van der Waals surface area (Å²) in [5, 5.41) is 14.3. The maximum Gasteiger partial charge on any atom is 0.416 e. The van der Waals surface area contributed by atoms with Crippen molar-refractivity contribution in [2.75, 3.05) is 39.3 Å². The number of aryl methyl sites for hydroxylation is 1. The van der Waals surface area contributed by atoms with Crippen molar-refractivity contribution in [3.05, 3.63) is 105 Å². The van der Waals surface area contributed by atoms with Crippen molar-refractivity contribution in [2.24, 2.45) is 5.92 Å². The van der Waals surface area contributed by atoms with E-state index in [0.717, 1.165) is 22.7 Å². The van der Waals surface area contributed by atoms with Gasteiger partial charge in [-0.3, -0.25) is 29.5 Å². The van der Waals surface area contributed by atoms with Gasteiger partial charge in [0.05, 0.1) is 48.7 Å². The van der Waals surface area contributed by atoms with Gasteiger partial charge in [0.15, 0.2) is 11.4 Å². The Morgan fingerprint density at radius 2 is 1.26 bits per heavy atom. The highest BCUT2D eigenvalue weighted by atomic mass is 19.4. The van der Waals surface area contributed by atoms with Gasteiger partial charge in [0.2, 0.25) is 5.91 Å². The average molecular weight is 921 g/mol. The number of aromatic amines is 2. The van der Waals surface area contributed by atoms with Gasteiger partial charge >= 0.3 is 18.5 Å². The number of benzene rings is 2. The van der Waals surface area contributed by atoms with E-state index in [9.17, 15) is 53.9 Å². The number of hydrogen-bond donors (Lipinski definition) is 2. The van der Waals surface area contributed by atoms with Crippen LogP contribution in [-0.2, 0) is 47.9 Å². The molecule has 0 spiro atoms. The highest BCUT2D eigenvalue weighted by molar-refractivity contribution is 5.95. The molecule has 21 heteroatoms. The summed E-state index contributed by atoms with van der Waals surface area (Å²) in [6.07, 6.45) is -14.2. The Bertz CT molecular complexity index is 2440. The normalized spacial score (nSPS) is 23.5. The van der Waals surface area contributed by atoms with Crippen LogP contribution in [0.4, 0.5) is 39.5 Å². The van der Waals surface area contributed by atoms with Crippen molar-refractivity contribution in [3.8, 4) is 0 Å². The highest BCUT2D eigenvalue weighted by Crippen LogP contribution is 2.46. The molecule has 4 aromatic rings. The summed E-state index contributed by atoms with van der Waals surface area (Å²) >= 11 is 0. The number of ether oxygens (including phenoxy) is 1. The maximum absolute atomic E-state index is 14.6. The number of halogens is 9. The van der Waals surface area contributed by atoms with E-state index in [1.165, 1.54) is 35.2 Å². The Morgan fingerprint density at radius 3 is 1.89 bits per heavy atom. The number of fused-ring (bicyclic) bond motifs is 2. The zero-order valence-electron chi connectivity index (χ0n) is 34.8. The van der Waals surface area contributed by atoms with Crippen LogP contribution in [0.25, 0.3) is 0 Å². The number of carbonyl (C=O) groups excluding carboxylic acids is 3. The highest BCUT2D eigenvalue weighted by Gasteiger charge is 2.50. The molecule has 3 fully saturated rings. The first-order chi connectivity index (χ1) is 30.9. The first kappa shape index (κ1) is 44.7. The Kier molecular flexibility index (Phi) is 11.8. The minimum atomic E-state index is -4.72. The third kappa shape index (κ3) is 8.84. The van der Waals surface area contributed by atoms with E-state index in [2.05, 4.69) is 25.3 Å². The minimum absolute atomic E-state index is 0.0346. The van der Waals surface area contributed by atoms with E-state index >= 15 is 0 Å². The number of nitrogens with zero attached hydrogens (tertiary/aromatic N) is 6. The van der Waals surface area contributed by atoms with Gasteiger partial charge in [0, 0.05) is 55.5 Å². The van der Waals surface area contributed by atoms with Crippen LogP contribution in [0.5, 0.6) is 0 Å². The molecule has 2 aromatic heterocycles. The second-order valence-corrected chi connectivity index (χ2v) is 17.6. The molecule has 0 aliphatic carbocycles.